The highest BCUT2D eigenvalue weighted by molar-refractivity contribution is 5.91. The third-order valence-corrected chi connectivity index (χ3v) is 7.68. The molecular formula is C25H34N6O2. The molecule has 1 aromatic heterocycles. The summed E-state index contributed by atoms with van der Waals surface area (Å²) in [5, 5.41) is 4.21. The van der Waals surface area contributed by atoms with E-state index in [1.54, 1.807) is 19.4 Å². The number of hydrogen-bond donors (Lipinski definition) is 0. The minimum Gasteiger partial charge on any atom is -0.371 e. The molecule has 3 fully saturated rings. The van der Waals surface area contributed by atoms with Crippen LogP contribution in [0.5, 0.6) is 0 Å². The highest BCUT2D eigenvalue weighted by Gasteiger charge is 2.45. The van der Waals surface area contributed by atoms with Crippen LogP contribution in [-0.2, 0) is 11.3 Å². The summed E-state index contributed by atoms with van der Waals surface area (Å²) in [5.41, 5.74) is 3.61. The Hall–Kier alpha value is -2.87. The van der Waals surface area contributed by atoms with Crippen LogP contribution in [0.15, 0.2) is 36.7 Å². The van der Waals surface area contributed by atoms with E-state index in [1.165, 1.54) is 40.6 Å². The highest BCUT2D eigenvalue weighted by Crippen LogP contribution is 2.40. The Labute approximate surface area is 195 Å². The van der Waals surface area contributed by atoms with Crippen LogP contribution in [0.3, 0.4) is 0 Å². The van der Waals surface area contributed by atoms with Gasteiger partial charge in [0.25, 0.3) is 0 Å². The number of amides is 2. The molecule has 0 aliphatic carbocycles. The van der Waals surface area contributed by atoms with Gasteiger partial charge in [-0.1, -0.05) is 18.2 Å². The van der Waals surface area contributed by atoms with Crippen molar-refractivity contribution in [1.82, 2.24) is 19.6 Å². The Balaban J connectivity index is 1.21. The average Bonchev–Trinajstić information content (AvgIpc) is 3.62. The lowest BCUT2D eigenvalue weighted by Gasteiger charge is -2.26. The van der Waals surface area contributed by atoms with Gasteiger partial charge in [-0.05, 0) is 43.9 Å². The second-order valence-corrected chi connectivity index (χ2v) is 9.96. The van der Waals surface area contributed by atoms with Crippen molar-refractivity contribution >= 4 is 23.3 Å². The zero-order valence-corrected chi connectivity index (χ0v) is 19.7. The van der Waals surface area contributed by atoms with Gasteiger partial charge in [0.2, 0.25) is 5.91 Å². The van der Waals surface area contributed by atoms with E-state index in [-0.39, 0.29) is 17.4 Å². The number of hydrogen-bond acceptors (Lipinski definition) is 5. The number of para-hydroxylation sites is 1. The maximum absolute atomic E-state index is 13.1. The van der Waals surface area contributed by atoms with E-state index in [1.807, 2.05) is 4.90 Å². The first-order valence-electron chi connectivity index (χ1n) is 12.1. The smallest absolute Gasteiger partial charge is 0.344 e. The molecule has 4 heterocycles. The minimum absolute atomic E-state index is 0.0838. The van der Waals surface area contributed by atoms with E-state index in [4.69, 9.17) is 0 Å². The van der Waals surface area contributed by atoms with E-state index < -0.39 is 0 Å². The molecule has 1 aromatic carbocycles. The van der Waals surface area contributed by atoms with Crippen molar-refractivity contribution in [2.45, 2.75) is 39.2 Å². The first-order valence-corrected chi connectivity index (χ1v) is 12.1. The summed E-state index contributed by atoms with van der Waals surface area (Å²) in [4.78, 5) is 33.2. The monoisotopic (exact) mass is 450 g/mol. The summed E-state index contributed by atoms with van der Waals surface area (Å²) in [5.74, 6) is -0.0838. The topological polar surface area (TPSA) is 64.9 Å². The van der Waals surface area contributed by atoms with Crippen molar-refractivity contribution < 1.29 is 9.59 Å². The fourth-order valence-corrected chi connectivity index (χ4v) is 5.66. The molecule has 1 atom stereocenters. The summed E-state index contributed by atoms with van der Waals surface area (Å²) in [7, 11) is 1.69. The number of aromatic nitrogens is 2. The maximum Gasteiger partial charge on any atom is 0.344 e. The lowest BCUT2D eigenvalue weighted by molar-refractivity contribution is -0.116. The zero-order valence-electron chi connectivity index (χ0n) is 19.7. The number of anilines is 2. The Morgan fingerprint density at radius 3 is 2.61 bits per heavy atom. The summed E-state index contributed by atoms with van der Waals surface area (Å²) >= 11 is 0. The third kappa shape index (κ3) is 4.36. The average molecular weight is 451 g/mol. The van der Waals surface area contributed by atoms with Crippen LogP contribution < -0.4 is 9.80 Å². The van der Waals surface area contributed by atoms with Crippen molar-refractivity contribution in [3.8, 4) is 0 Å². The van der Waals surface area contributed by atoms with Gasteiger partial charge in [-0.25, -0.2) is 4.79 Å². The van der Waals surface area contributed by atoms with Gasteiger partial charge in [-0.2, -0.15) is 9.78 Å². The molecule has 3 saturated heterocycles. The second kappa shape index (κ2) is 8.82. The standard InChI is InChI=1S/C25H34N6O2/c1-20(32)27(2)22-15-26-31(17-22)24(33)30-14-10-25(19-30)9-13-28(18-25)16-21-7-3-4-8-23(21)29-11-5-6-12-29/h3-4,7-8,15,17H,5-6,9-14,16,18-19H2,1-2H3. The lowest BCUT2D eigenvalue weighted by atomic mass is 9.86. The molecule has 1 unspecified atom stereocenters. The molecule has 2 aromatic rings. The van der Waals surface area contributed by atoms with Gasteiger partial charge in [0, 0.05) is 64.3 Å². The predicted molar refractivity (Wildman–Crippen MR) is 129 cm³/mol. The third-order valence-electron chi connectivity index (χ3n) is 7.68. The van der Waals surface area contributed by atoms with E-state index in [2.05, 4.69) is 39.2 Å². The SMILES string of the molecule is CC(=O)N(C)c1cnn(C(=O)N2CCC3(CCN(Cc4ccccc4N4CCCC4)C3)C2)c1. The summed E-state index contributed by atoms with van der Waals surface area (Å²) in [6.45, 7) is 8.43. The van der Waals surface area contributed by atoms with Gasteiger partial charge in [-0.15, -0.1) is 0 Å². The van der Waals surface area contributed by atoms with E-state index in [0.29, 0.717) is 5.69 Å². The van der Waals surface area contributed by atoms with E-state index in [9.17, 15) is 9.59 Å². The number of rotatable bonds is 4. The van der Waals surface area contributed by atoms with Crippen molar-refractivity contribution in [3.05, 3.63) is 42.2 Å². The van der Waals surface area contributed by atoms with Gasteiger partial charge in [-0.3, -0.25) is 9.69 Å². The van der Waals surface area contributed by atoms with Gasteiger partial charge >= 0.3 is 6.03 Å². The van der Waals surface area contributed by atoms with Crippen LogP contribution in [-0.4, -0.2) is 77.8 Å². The van der Waals surface area contributed by atoms with Crippen molar-refractivity contribution in [2.24, 2.45) is 5.41 Å². The summed E-state index contributed by atoms with van der Waals surface area (Å²) in [6, 6.07) is 8.74. The Morgan fingerprint density at radius 1 is 1.06 bits per heavy atom. The second-order valence-electron chi connectivity index (χ2n) is 9.96. The first-order chi connectivity index (χ1) is 15.9. The predicted octanol–water partition coefficient (Wildman–Crippen LogP) is 3.03. The molecule has 0 N–H and O–H groups in total. The molecule has 2 amide bonds. The van der Waals surface area contributed by atoms with E-state index >= 15 is 0 Å². The Morgan fingerprint density at radius 2 is 1.82 bits per heavy atom. The molecule has 3 aliphatic rings. The zero-order chi connectivity index (χ0) is 23.0. The summed E-state index contributed by atoms with van der Waals surface area (Å²) in [6.07, 6.45) is 7.94. The molecule has 8 heteroatoms. The van der Waals surface area contributed by atoms with Crippen LogP contribution in [0.1, 0.15) is 38.2 Å². The van der Waals surface area contributed by atoms with Crippen LogP contribution in [0.4, 0.5) is 16.2 Å². The van der Waals surface area contributed by atoms with Crippen molar-refractivity contribution in [2.75, 3.05) is 56.1 Å². The highest BCUT2D eigenvalue weighted by atomic mass is 16.2. The fraction of sp³-hybridized carbons (Fsp3) is 0.560. The van der Waals surface area contributed by atoms with E-state index in [0.717, 1.165) is 58.7 Å². The van der Waals surface area contributed by atoms with Crippen LogP contribution in [0.2, 0.25) is 0 Å². The number of benzene rings is 1. The molecule has 0 radical (unpaired) electrons. The van der Waals surface area contributed by atoms with Gasteiger partial charge in [0.15, 0.2) is 0 Å². The van der Waals surface area contributed by atoms with Gasteiger partial charge in [0.05, 0.1) is 18.1 Å². The largest absolute Gasteiger partial charge is 0.371 e. The molecular weight excluding hydrogens is 416 g/mol. The van der Waals surface area contributed by atoms with Crippen LogP contribution in [0.25, 0.3) is 0 Å². The molecule has 8 nitrogen and oxygen atoms in total. The normalized spacial score (nSPS) is 23.1. The van der Waals surface area contributed by atoms with Gasteiger partial charge < -0.3 is 14.7 Å². The Bertz CT molecular complexity index is 1030. The maximum atomic E-state index is 13.1. The number of likely N-dealkylation sites (tertiary alicyclic amines) is 2. The Kier molecular flexibility index (Phi) is 5.86. The molecule has 0 saturated carbocycles. The van der Waals surface area contributed by atoms with Crippen molar-refractivity contribution in [1.29, 1.82) is 0 Å². The summed E-state index contributed by atoms with van der Waals surface area (Å²) < 4.78 is 1.37. The van der Waals surface area contributed by atoms with Crippen molar-refractivity contribution in [3.63, 3.8) is 0 Å². The quantitative estimate of drug-likeness (QED) is 0.717. The first kappa shape index (κ1) is 21.9. The molecule has 33 heavy (non-hydrogen) atoms. The van der Waals surface area contributed by atoms with Crippen LogP contribution >= 0.6 is 0 Å². The van der Waals surface area contributed by atoms with Gasteiger partial charge in [0.1, 0.15) is 0 Å². The number of carbonyl (C=O) groups is 2. The molecule has 176 valence electrons. The molecule has 0 bridgehead atoms. The number of nitrogens with zero attached hydrogens (tertiary/aromatic N) is 6. The molecule has 5 rings (SSSR count). The number of carbonyl (C=O) groups excluding carboxylic acids is 2. The van der Waals surface area contributed by atoms with Crippen LogP contribution in [0, 0.1) is 5.41 Å². The molecule has 3 aliphatic heterocycles. The molecule has 1 spiro atoms. The fourth-order valence-electron chi connectivity index (χ4n) is 5.66. The lowest BCUT2D eigenvalue weighted by Crippen LogP contribution is -2.36. The minimum atomic E-state index is -0.104.